The zero-order valence-corrected chi connectivity index (χ0v) is 16.4. The van der Waals surface area contributed by atoms with Crippen LogP contribution in [0.3, 0.4) is 0 Å². The van der Waals surface area contributed by atoms with Gasteiger partial charge in [-0.3, -0.25) is 9.59 Å². The van der Waals surface area contributed by atoms with Crippen molar-refractivity contribution < 1.29 is 14.7 Å². The number of hydrogen-bond acceptors (Lipinski definition) is 4. The first-order valence-corrected chi connectivity index (χ1v) is 9.66. The minimum atomic E-state index is -0.596. The molecule has 1 aromatic heterocycles. The molecular formula is C21H28N4O3. The summed E-state index contributed by atoms with van der Waals surface area (Å²) in [5.41, 5.74) is 1.21. The van der Waals surface area contributed by atoms with E-state index in [0.29, 0.717) is 25.1 Å². The fourth-order valence-electron chi connectivity index (χ4n) is 4.03. The number of nitrogens with zero attached hydrogens (tertiary/aromatic N) is 2. The molecule has 150 valence electrons. The molecule has 3 rings (SSSR count). The second-order valence-electron chi connectivity index (χ2n) is 7.71. The van der Waals surface area contributed by atoms with Crippen molar-refractivity contribution in [1.82, 2.24) is 20.2 Å². The van der Waals surface area contributed by atoms with Gasteiger partial charge in [0.1, 0.15) is 5.69 Å². The van der Waals surface area contributed by atoms with E-state index in [2.05, 4.69) is 27.8 Å². The molecule has 1 fully saturated rings. The molecule has 28 heavy (non-hydrogen) atoms. The lowest BCUT2D eigenvalue weighted by Gasteiger charge is -2.34. The van der Waals surface area contributed by atoms with Crippen LogP contribution < -0.4 is 10.6 Å². The molecule has 1 aliphatic rings. The maximum absolute atomic E-state index is 12.5. The van der Waals surface area contributed by atoms with Gasteiger partial charge in [0.25, 0.3) is 5.91 Å². The number of hydrogen-bond donors (Lipinski definition) is 3. The molecule has 0 unspecified atom stereocenters. The van der Waals surface area contributed by atoms with Gasteiger partial charge >= 0.3 is 0 Å². The molecule has 0 aliphatic heterocycles. The summed E-state index contributed by atoms with van der Waals surface area (Å²) in [6, 6.07) is 9.81. The lowest BCUT2D eigenvalue weighted by molar-refractivity contribution is -0.120. The van der Waals surface area contributed by atoms with E-state index in [0.717, 1.165) is 18.4 Å². The van der Waals surface area contributed by atoms with Gasteiger partial charge in [-0.2, -0.15) is 0 Å². The molecule has 1 aromatic carbocycles. The lowest BCUT2D eigenvalue weighted by Crippen LogP contribution is -2.42. The van der Waals surface area contributed by atoms with Crippen molar-refractivity contribution in [2.75, 3.05) is 6.54 Å². The molecule has 0 saturated heterocycles. The monoisotopic (exact) mass is 384 g/mol. The van der Waals surface area contributed by atoms with E-state index < -0.39 is 6.10 Å². The molecule has 0 spiro atoms. The molecule has 2 amide bonds. The third-order valence-corrected chi connectivity index (χ3v) is 5.62. The standard InChI is InChI=1S/C21H28N4O3/c1-15(26)24-17-8-10-21(11-9-19(17)27,16-6-4-3-5-7-16)13-22-20(28)18-12-25(2)14-23-18/h3-7,12,14,17,19,27H,8-11,13H2,1-2H3,(H,22,28)(H,24,26)/t17-,19-,21-/m0/s1. The largest absolute Gasteiger partial charge is 0.391 e. The van der Waals surface area contributed by atoms with Crippen LogP contribution in [0, 0.1) is 0 Å². The van der Waals surface area contributed by atoms with Gasteiger partial charge in [0.05, 0.1) is 18.5 Å². The van der Waals surface area contributed by atoms with E-state index >= 15 is 0 Å². The van der Waals surface area contributed by atoms with Gasteiger partial charge in [0.15, 0.2) is 0 Å². The Morgan fingerprint density at radius 2 is 1.96 bits per heavy atom. The minimum absolute atomic E-state index is 0.139. The number of rotatable bonds is 5. The molecule has 0 radical (unpaired) electrons. The van der Waals surface area contributed by atoms with Gasteiger partial charge in [0.2, 0.25) is 5.91 Å². The zero-order chi connectivity index (χ0) is 20.1. The summed E-state index contributed by atoms with van der Waals surface area (Å²) in [7, 11) is 1.82. The molecular weight excluding hydrogens is 356 g/mol. The fraction of sp³-hybridized carbons (Fsp3) is 0.476. The molecule has 1 heterocycles. The number of aliphatic hydroxyl groups is 1. The Labute approximate surface area is 165 Å². The zero-order valence-electron chi connectivity index (χ0n) is 16.4. The lowest BCUT2D eigenvalue weighted by atomic mass is 9.74. The van der Waals surface area contributed by atoms with Crippen LogP contribution in [0.4, 0.5) is 0 Å². The Balaban J connectivity index is 1.80. The molecule has 3 N–H and O–H groups in total. The van der Waals surface area contributed by atoms with Gasteiger partial charge in [-0.1, -0.05) is 30.3 Å². The smallest absolute Gasteiger partial charge is 0.271 e. The van der Waals surface area contributed by atoms with Crippen molar-refractivity contribution in [3.63, 3.8) is 0 Å². The highest BCUT2D eigenvalue weighted by Crippen LogP contribution is 2.38. The molecule has 0 bridgehead atoms. The Morgan fingerprint density at radius 3 is 2.61 bits per heavy atom. The summed E-state index contributed by atoms with van der Waals surface area (Å²) in [6.07, 6.45) is 5.36. The second-order valence-corrected chi connectivity index (χ2v) is 7.71. The van der Waals surface area contributed by atoms with Gasteiger partial charge in [-0.15, -0.1) is 0 Å². The van der Waals surface area contributed by atoms with Crippen molar-refractivity contribution in [2.24, 2.45) is 7.05 Å². The maximum Gasteiger partial charge on any atom is 0.271 e. The molecule has 1 saturated carbocycles. The number of nitrogens with one attached hydrogen (secondary N) is 2. The van der Waals surface area contributed by atoms with Crippen LogP contribution in [0.5, 0.6) is 0 Å². The summed E-state index contributed by atoms with van der Waals surface area (Å²) in [6.45, 7) is 1.92. The van der Waals surface area contributed by atoms with Crippen molar-refractivity contribution in [1.29, 1.82) is 0 Å². The van der Waals surface area contributed by atoms with Gasteiger partial charge in [-0.25, -0.2) is 4.98 Å². The normalized spacial score (nSPS) is 25.0. The summed E-state index contributed by atoms with van der Waals surface area (Å²) in [5, 5.41) is 16.4. The number of amides is 2. The van der Waals surface area contributed by atoms with Crippen molar-refractivity contribution in [3.05, 3.63) is 54.1 Å². The second kappa shape index (κ2) is 8.56. The first-order valence-electron chi connectivity index (χ1n) is 9.66. The van der Waals surface area contributed by atoms with Crippen LogP contribution in [0.2, 0.25) is 0 Å². The van der Waals surface area contributed by atoms with Crippen LogP contribution >= 0.6 is 0 Å². The van der Waals surface area contributed by atoms with Crippen molar-refractivity contribution in [3.8, 4) is 0 Å². The predicted molar refractivity (Wildman–Crippen MR) is 106 cm³/mol. The van der Waals surface area contributed by atoms with Crippen LogP contribution in [0.25, 0.3) is 0 Å². The average molecular weight is 384 g/mol. The molecule has 7 nitrogen and oxygen atoms in total. The van der Waals surface area contributed by atoms with E-state index in [4.69, 9.17) is 0 Å². The average Bonchev–Trinajstić information content (AvgIpc) is 3.06. The maximum atomic E-state index is 12.5. The topological polar surface area (TPSA) is 96.3 Å². The van der Waals surface area contributed by atoms with Gasteiger partial charge in [0, 0.05) is 32.1 Å². The third kappa shape index (κ3) is 4.59. The quantitative estimate of drug-likeness (QED) is 0.681. The highest BCUT2D eigenvalue weighted by molar-refractivity contribution is 5.92. The Bertz CT molecular complexity index is 820. The van der Waals surface area contributed by atoms with E-state index in [-0.39, 0.29) is 23.3 Å². The van der Waals surface area contributed by atoms with E-state index in [1.54, 1.807) is 17.1 Å². The Kier molecular flexibility index (Phi) is 6.14. The molecule has 1 aliphatic carbocycles. The van der Waals surface area contributed by atoms with Crippen molar-refractivity contribution >= 4 is 11.8 Å². The van der Waals surface area contributed by atoms with Gasteiger partial charge in [-0.05, 0) is 31.2 Å². The number of imidazole rings is 1. The number of aromatic nitrogens is 2. The van der Waals surface area contributed by atoms with E-state index in [1.807, 2.05) is 25.2 Å². The number of benzene rings is 1. The Hall–Kier alpha value is -2.67. The van der Waals surface area contributed by atoms with Crippen molar-refractivity contribution in [2.45, 2.75) is 50.2 Å². The predicted octanol–water partition coefficient (Wildman–Crippen LogP) is 1.53. The summed E-state index contributed by atoms with van der Waals surface area (Å²) in [4.78, 5) is 28.1. The van der Waals surface area contributed by atoms with Crippen LogP contribution in [-0.4, -0.2) is 45.2 Å². The Morgan fingerprint density at radius 1 is 1.25 bits per heavy atom. The highest BCUT2D eigenvalue weighted by atomic mass is 16.3. The number of aliphatic hydroxyl groups excluding tert-OH is 1. The van der Waals surface area contributed by atoms with Gasteiger partial charge < -0.3 is 20.3 Å². The summed E-state index contributed by atoms with van der Waals surface area (Å²) >= 11 is 0. The molecule has 3 atom stereocenters. The molecule has 2 aromatic rings. The number of aryl methyl sites for hydroxylation is 1. The van der Waals surface area contributed by atoms with Crippen LogP contribution in [-0.2, 0) is 17.3 Å². The van der Waals surface area contributed by atoms with E-state index in [1.165, 1.54) is 6.92 Å². The van der Waals surface area contributed by atoms with Crippen LogP contribution in [0.15, 0.2) is 42.9 Å². The number of carbonyl (C=O) groups excluding carboxylic acids is 2. The number of carbonyl (C=O) groups is 2. The first-order chi connectivity index (χ1) is 13.4. The van der Waals surface area contributed by atoms with E-state index in [9.17, 15) is 14.7 Å². The summed E-state index contributed by atoms with van der Waals surface area (Å²) in [5.74, 6) is -0.348. The van der Waals surface area contributed by atoms with Crippen LogP contribution in [0.1, 0.15) is 48.7 Å². The molecule has 7 heteroatoms. The SMILES string of the molecule is CC(=O)N[C@H]1CC[C@](CNC(=O)c2cn(C)cn2)(c2ccccc2)CC[C@@H]1O. The first kappa shape index (κ1) is 20.1. The fourth-order valence-corrected chi connectivity index (χ4v) is 4.03. The summed E-state index contributed by atoms with van der Waals surface area (Å²) < 4.78 is 1.74. The third-order valence-electron chi connectivity index (χ3n) is 5.62. The highest BCUT2D eigenvalue weighted by Gasteiger charge is 2.38. The minimum Gasteiger partial charge on any atom is -0.391 e.